The van der Waals surface area contributed by atoms with Gasteiger partial charge in [-0.3, -0.25) is 14.2 Å². The molecule has 0 bridgehead atoms. The summed E-state index contributed by atoms with van der Waals surface area (Å²) in [5, 5.41) is 2.69. The molecule has 4 atom stereocenters. The molecule has 1 N–H and O–H groups in total. The smallest absolute Gasteiger partial charge is 0.351 e. The van der Waals surface area contributed by atoms with Crippen LogP contribution in [0.5, 0.6) is 11.5 Å². The molecule has 1 saturated heterocycles. The zero-order valence-electron chi connectivity index (χ0n) is 38.1. The van der Waals surface area contributed by atoms with E-state index in [-0.39, 0.29) is 48.6 Å². The maximum atomic E-state index is 13.5. The van der Waals surface area contributed by atoms with E-state index >= 15 is 0 Å². The third kappa shape index (κ3) is 13.2. The maximum Gasteiger partial charge on any atom is 0.351 e. The van der Waals surface area contributed by atoms with E-state index in [1.54, 1.807) is 26.5 Å². The average molecular weight is 907 g/mol. The molecular weight excluding hydrogens is 844 g/mol. The van der Waals surface area contributed by atoms with Crippen molar-refractivity contribution < 1.29 is 42.3 Å². The van der Waals surface area contributed by atoms with E-state index in [0.29, 0.717) is 30.5 Å². The Labute approximate surface area is 377 Å². The summed E-state index contributed by atoms with van der Waals surface area (Å²) in [7, 11) is 1.56. The first-order chi connectivity index (χ1) is 30.1. The molecule has 1 aromatic heterocycles. The molecule has 0 radical (unpaired) electrons. The van der Waals surface area contributed by atoms with Crippen LogP contribution in [0.3, 0.4) is 0 Å². The molecule has 3 aromatic carbocycles. The number of hydrogen-bond acceptors (Lipinski definition) is 13. The molecule has 1 aliphatic rings. The first-order valence-corrected chi connectivity index (χ1v) is 23.3. The minimum Gasteiger partial charge on any atom is -0.497 e. The molecule has 1 amide bonds. The maximum absolute atomic E-state index is 13.5. The largest absolute Gasteiger partial charge is 0.497 e. The molecule has 0 saturated carbocycles. The van der Waals surface area contributed by atoms with Gasteiger partial charge in [0.25, 0.3) is 8.53 Å². The van der Waals surface area contributed by atoms with Crippen molar-refractivity contribution in [1.82, 2.24) is 14.2 Å². The minimum absolute atomic E-state index is 0.0286. The van der Waals surface area contributed by atoms with Crippen LogP contribution >= 0.6 is 20.3 Å². The number of hydrogen-bond donors (Lipinski definition) is 1. The summed E-state index contributed by atoms with van der Waals surface area (Å²) >= 11 is 1.27. The summed E-state index contributed by atoms with van der Waals surface area (Å²) in [5.41, 5.74) is 0.403. The fourth-order valence-corrected chi connectivity index (χ4v) is 9.78. The molecule has 14 nitrogen and oxygen atoms in total. The second-order valence-electron chi connectivity index (χ2n) is 16.6. The van der Waals surface area contributed by atoms with Gasteiger partial charge in [0.05, 0.1) is 46.8 Å². The average Bonchev–Trinajstić information content (AvgIpc) is 3.65. The van der Waals surface area contributed by atoms with Crippen molar-refractivity contribution in [2.24, 2.45) is 5.41 Å². The first-order valence-electron chi connectivity index (χ1n) is 21.2. The van der Waals surface area contributed by atoms with Gasteiger partial charge in [0.15, 0.2) is 5.12 Å². The van der Waals surface area contributed by atoms with Crippen LogP contribution in [0, 0.1) is 5.41 Å². The van der Waals surface area contributed by atoms with Gasteiger partial charge in [-0.1, -0.05) is 87.1 Å². The molecule has 1 aliphatic heterocycles. The van der Waals surface area contributed by atoms with Crippen LogP contribution in [0.1, 0.15) is 84.7 Å². The molecule has 0 aliphatic carbocycles. The van der Waals surface area contributed by atoms with Crippen molar-refractivity contribution in [3.8, 4) is 11.5 Å². The predicted octanol–water partition coefficient (Wildman–Crippen LogP) is 8.59. The summed E-state index contributed by atoms with van der Waals surface area (Å²) in [4.78, 5) is 41.8. The van der Waals surface area contributed by atoms with E-state index in [1.165, 1.54) is 23.3 Å². The zero-order chi connectivity index (χ0) is 45.7. The summed E-state index contributed by atoms with van der Waals surface area (Å²) in [6, 6.07) is 27.2. The van der Waals surface area contributed by atoms with Crippen LogP contribution in [0.15, 0.2) is 95.9 Å². The first kappa shape index (κ1) is 49.8. The number of carbonyl (C=O) groups excluding carboxylic acids is 2. The van der Waals surface area contributed by atoms with Gasteiger partial charge < -0.3 is 38.0 Å². The second-order valence-corrected chi connectivity index (χ2v) is 19.1. The van der Waals surface area contributed by atoms with Gasteiger partial charge >= 0.3 is 5.69 Å². The molecule has 5 rings (SSSR count). The number of carbonyl (C=O) groups is 2. The van der Waals surface area contributed by atoms with Crippen molar-refractivity contribution in [3.63, 3.8) is 0 Å². The lowest BCUT2D eigenvalue weighted by Crippen LogP contribution is -2.39. The number of amides is 1. The van der Waals surface area contributed by atoms with Gasteiger partial charge in [0, 0.05) is 42.8 Å². The Kier molecular flexibility index (Phi) is 18.3. The van der Waals surface area contributed by atoms with Crippen LogP contribution in [0.2, 0.25) is 0 Å². The van der Waals surface area contributed by atoms with Crippen molar-refractivity contribution >= 4 is 37.1 Å². The number of thioether (sulfide) groups is 1. The van der Waals surface area contributed by atoms with Crippen LogP contribution in [0.25, 0.3) is 0 Å². The Morgan fingerprint density at radius 3 is 1.98 bits per heavy atom. The van der Waals surface area contributed by atoms with Gasteiger partial charge in [0.2, 0.25) is 5.91 Å². The number of benzene rings is 3. The Morgan fingerprint density at radius 1 is 0.873 bits per heavy atom. The number of nitrogens with one attached hydrogen (secondary N) is 1. The van der Waals surface area contributed by atoms with E-state index in [1.807, 2.05) is 99.6 Å². The van der Waals surface area contributed by atoms with Crippen LogP contribution < -0.4 is 20.5 Å². The lowest BCUT2D eigenvalue weighted by Gasteiger charge is -2.39. The summed E-state index contributed by atoms with van der Waals surface area (Å²) in [6.07, 6.45) is -0.292. The Morgan fingerprint density at radius 2 is 1.46 bits per heavy atom. The number of aromatic nitrogens is 2. The van der Waals surface area contributed by atoms with Crippen molar-refractivity contribution in [2.75, 3.05) is 51.7 Å². The van der Waals surface area contributed by atoms with E-state index in [0.717, 1.165) is 16.7 Å². The number of ether oxygens (including phenoxy) is 5. The highest BCUT2D eigenvalue weighted by molar-refractivity contribution is 8.13. The topological polar surface area (TPSA) is 149 Å². The fourth-order valence-electron chi connectivity index (χ4n) is 7.22. The fraction of sp³-hybridized carbons (Fsp3) is 0.489. The lowest BCUT2D eigenvalue weighted by atomic mass is 9.80. The standard InChI is InChI=1S/C47H63N4O10PS/c1-32(2)51(33(3)4)62(59-27-26-57-28-29-63-44(53)46(6,7)8)61-40-30-43(50-25-24-42(48-34(5)52)49-45(50)54)60-41(40)31-58-47(35-14-12-11-13-15-35,36-16-20-38(55-9)21-17-36)37-18-22-39(56-10)23-19-37/h11-25,32-33,40-41,43H,26-31H2,1-10H3,(H,48,49,52,54)/t40-,41?,43?,62?/m1/s1. The Bertz CT molecular complexity index is 2060. The molecule has 1 fully saturated rings. The molecule has 0 spiro atoms. The quantitative estimate of drug-likeness (QED) is 0.0456. The zero-order valence-corrected chi connectivity index (χ0v) is 39.8. The van der Waals surface area contributed by atoms with Gasteiger partial charge in [0.1, 0.15) is 35.2 Å². The van der Waals surface area contributed by atoms with E-state index in [2.05, 4.69) is 42.7 Å². The summed E-state index contributed by atoms with van der Waals surface area (Å²) in [6.45, 7) is 16.4. The Hall–Kier alpha value is -4.18. The highest BCUT2D eigenvalue weighted by atomic mass is 32.2. The van der Waals surface area contributed by atoms with Crippen LogP contribution in [-0.4, -0.2) is 95.9 Å². The third-order valence-electron chi connectivity index (χ3n) is 10.2. The lowest BCUT2D eigenvalue weighted by molar-refractivity contribution is -0.117. The molecule has 3 unspecified atom stereocenters. The molecular formula is C47H63N4O10PS. The van der Waals surface area contributed by atoms with E-state index < -0.39 is 43.7 Å². The molecule has 63 heavy (non-hydrogen) atoms. The number of anilines is 1. The van der Waals surface area contributed by atoms with Crippen molar-refractivity contribution in [2.45, 2.75) is 97.9 Å². The molecule has 4 aromatic rings. The van der Waals surface area contributed by atoms with Crippen molar-refractivity contribution in [1.29, 1.82) is 0 Å². The highest BCUT2D eigenvalue weighted by Gasteiger charge is 2.45. The monoisotopic (exact) mass is 906 g/mol. The normalized spacial score (nSPS) is 17.3. The molecule has 342 valence electrons. The third-order valence-corrected chi connectivity index (χ3v) is 13.6. The van der Waals surface area contributed by atoms with Gasteiger partial charge in [-0.15, -0.1) is 0 Å². The van der Waals surface area contributed by atoms with Gasteiger partial charge in [-0.25, -0.2) is 9.46 Å². The SMILES string of the molecule is COc1ccc(C(OCC2OC(n3ccc(NC(C)=O)nc3=O)C[C@H]2OP(OCCOCCSC(=O)C(C)(C)C)N(C(C)C)C(C)C)(c2ccccc2)c2ccc(OC)cc2)cc1. The van der Waals surface area contributed by atoms with Crippen LogP contribution in [-0.2, 0) is 38.4 Å². The van der Waals surface area contributed by atoms with E-state index in [9.17, 15) is 14.4 Å². The number of methoxy groups -OCH3 is 2. The van der Waals surface area contributed by atoms with E-state index in [4.69, 9.17) is 32.7 Å². The summed E-state index contributed by atoms with van der Waals surface area (Å²) in [5.74, 6) is 1.74. The number of rotatable bonds is 22. The summed E-state index contributed by atoms with van der Waals surface area (Å²) < 4.78 is 48.3. The molecule has 16 heteroatoms. The van der Waals surface area contributed by atoms with Gasteiger partial charge in [-0.2, -0.15) is 4.98 Å². The Balaban J connectivity index is 1.50. The minimum atomic E-state index is -1.70. The number of nitrogens with zero attached hydrogens (tertiary/aromatic N) is 3. The van der Waals surface area contributed by atoms with Gasteiger partial charge in [-0.05, 0) is 74.7 Å². The van der Waals surface area contributed by atoms with Crippen molar-refractivity contribution in [3.05, 3.63) is 118 Å². The predicted molar refractivity (Wildman–Crippen MR) is 247 cm³/mol. The molecule has 2 heterocycles. The van der Waals surface area contributed by atoms with Crippen LogP contribution in [0.4, 0.5) is 5.82 Å². The second kappa shape index (κ2) is 23.1. The highest BCUT2D eigenvalue weighted by Crippen LogP contribution is 2.50.